The van der Waals surface area contributed by atoms with Crippen molar-refractivity contribution in [2.75, 3.05) is 31.1 Å². The highest BCUT2D eigenvalue weighted by atomic mass is 35.5. The molecule has 2 saturated heterocycles. The van der Waals surface area contributed by atoms with Crippen molar-refractivity contribution in [2.24, 2.45) is 5.41 Å². The van der Waals surface area contributed by atoms with Crippen molar-refractivity contribution in [1.29, 1.82) is 0 Å². The average Bonchev–Trinajstić information content (AvgIpc) is 3.09. The van der Waals surface area contributed by atoms with Crippen molar-refractivity contribution >= 4 is 28.2 Å². The number of hydrogen-bond donors (Lipinski definition) is 1. The summed E-state index contributed by atoms with van der Waals surface area (Å²) in [6.45, 7) is 4.47. The van der Waals surface area contributed by atoms with Crippen LogP contribution in [-0.4, -0.2) is 31.2 Å². The van der Waals surface area contributed by atoms with Crippen LogP contribution in [0.25, 0.3) is 10.8 Å². The van der Waals surface area contributed by atoms with E-state index < -0.39 is 0 Å². The van der Waals surface area contributed by atoms with Gasteiger partial charge in [0.2, 0.25) is 0 Å². The first-order valence-corrected chi connectivity index (χ1v) is 7.65. The zero-order valence-electron chi connectivity index (χ0n) is 11.4. The minimum absolute atomic E-state index is 0.450. The van der Waals surface area contributed by atoms with Gasteiger partial charge in [-0.15, -0.1) is 0 Å². The number of rotatable bonds is 1. The van der Waals surface area contributed by atoms with E-state index in [9.17, 15) is 0 Å². The molecule has 0 amide bonds. The van der Waals surface area contributed by atoms with E-state index in [1.54, 1.807) is 0 Å². The number of benzene rings is 1. The molecule has 3 nitrogen and oxygen atoms in total. The van der Waals surface area contributed by atoms with Crippen LogP contribution in [0.3, 0.4) is 0 Å². The Labute approximate surface area is 123 Å². The minimum Gasteiger partial charge on any atom is -0.355 e. The standard InChI is InChI=1S/C16H18ClN3/c17-14-9-12-3-1-2-4-13(12)15(19-14)20-8-6-16(11-20)5-7-18-10-16/h1-4,9,18H,5-8,10-11H2. The quantitative estimate of drug-likeness (QED) is 0.817. The van der Waals surface area contributed by atoms with Crippen molar-refractivity contribution in [1.82, 2.24) is 10.3 Å². The number of hydrogen-bond acceptors (Lipinski definition) is 3. The largest absolute Gasteiger partial charge is 0.355 e. The second-order valence-corrected chi connectivity index (χ2v) is 6.48. The predicted octanol–water partition coefficient (Wildman–Crippen LogP) is 3.08. The van der Waals surface area contributed by atoms with Gasteiger partial charge >= 0.3 is 0 Å². The Morgan fingerprint density at radius 2 is 2.15 bits per heavy atom. The molecule has 4 rings (SSSR count). The molecular weight excluding hydrogens is 270 g/mol. The monoisotopic (exact) mass is 287 g/mol. The molecule has 0 saturated carbocycles. The van der Waals surface area contributed by atoms with Crippen LogP contribution in [-0.2, 0) is 0 Å². The molecule has 0 bridgehead atoms. The molecule has 104 valence electrons. The van der Waals surface area contributed by atoms with E-state index in [-0.39, 0.29) is 0 Å². The molecule has 2 aromatic rings. The summed E-state index contributed by atoms with van der Waals surface area (Å²) >= 11 is 6.20. The van der Waals surface area contributed by atoms with Crippen LogP contribution < -0.4 is 10.2 Å². The fraction of sp³-hybridized carbons (Fsp3) is 0.438. The van der Waals surface area contributed by atoms with Crippen LogP contribution in [0.15, 0.2) is 30.3 Å². The van der Waals surface area contributed by atoms with Gasteiger partial charge in [-0.05, 0) is 30.8 Å². The summed E-state index contributed by atoms with van der Waals surface area (Å²) in [7, 11) is 0. The molecule has 1 unspecified atom stereocenters. The summed E-state index contributed by atoms with van der Waals surface area (Å²) < 4.78 is 0. The summed E-state index contributed by atoms with van der Waals surface area (Å²) in [5, 5.41) is 6.47. The summed E-state index contributed by atoms with van der Waals surface area (Å²) in [6.07, 6.45) is 2.53. The third-order valence-corrected chi connectivity index (χ3v) is 4.95. The van der Waals surface area contributed by atoms with Gasteiger partial charge in [-0.3, -0.25) is 0 Å². The van der Waals surface area contributed by atoms with Crippen molar-refractivity contribution in [3.63, 3.8) is 0 Å². The van der Waals surface area contributed by atoms with Crippen LogP contribution in [0.1, 0.15) is 12.8 Å². The lowest BCUT2D eigenvalue weighted by atomic mass is 9.87. The number of aromatic nitrogens is 1. The van der Waals surface area contributed by atoms with Crippen molar-refractivity contribution in [3.05, 3.63) is 35.5 Å². The molecule has 20 heavy (non-hydrogen) atoms. The normalized spacial score (nSPS) is 25.9. The van der Waals surface area contributed by atoms with Crippen molar-refractivity contribution in [3.8, 4) is 0 Å². The Morgan fingerprint density at radius 1 is 1.25 bits per heavy atom. The summed E-state index contributed by atoms with van der Waals surface area (Å²) in [6, 6.07) is 10.3. The Balaban J connectivity index is 1.75. The van der Waals surface area contributed by atoms with Crippen molar-refractivity contribution < 1.29 is 0 Å². The summed E-state index contributed by atoms with van der Waals surface area (Å²) in [5.74, 6) is 1.05. The zero-order valence-corrected chi connectivity index (χ0v) is 12.2. The molecule has 1 atom stereocenters. The molecule has 0 radical (unpaired) electrons. The molecule has 2 aliphatic heterocycles. The minimum atomic E-state index is 0.450. The zero-order chi connectivity index (χ0) is 13.6. The van der Waals surface area contributed by atoms with Gasteiger partial charge in [0, 0.05) is 30.4 Å². The van der Waals surface area contributed by atoms with Crippen LogP contribution in [0.2, 0.25) is 5.15 Å². The Hall–Kier alpha value is -1.32. The van der Waals surface area contributed by atoms with E-state index >= 15 is 0 Å². The van der Waals surface area contributed by atoms with E-state index in [0.29, 0.717) is 10.6 Å². The van der Waals surface area contributed by atoms with E-state index in [1.165, 1.54) is 23.6 Å². The lowest BCUT2D eigenvalue weighted by Crippen LogP contribution is -2.29. The molecule has 4 heteroatoms. The number of nitrogens with one attached hydrogen (secondary N) is 1. The van der Waals surface area contributed by atoms with Crippen LogP contribution in [0.4, 0.5) is 5.82 Å². The first-order chi connectivity index (χ1) is 9.76. The lowest BCUT2D eigenvalue weighted by Gasteiger charge is -2.24. The molecule has 2 fully saturated rings. The smallest absolute Gasteiger partial charge is 0.138 e. The van der Waals surface area contributed by atoms with Crippen LogP contribution in [0.5, 0.6) is 0 Å². The highest BCUT2D eigenvalue weighted by molar-refractivity contribution is 6.30. The second kappa shape index (κ2) is 4.61. The fourth-order valence-corrected chi connectivity index (χ4v) is 3.85. The fourth-order valence-electron chi connectivity index (χ4n) is 3.65. The van der Waals surface area contributed by atoms with Crippen LogP contribution >= 0.6 is 11.6 Å². The third-order valence-electron chi connectivity index (χ3n) is 4.76. The maximum atomic E-state index is 6.20. The van der Waals surface area contributed by atoms with Gasteiger partial charge < -0.3 is 10.2 Å². The second-order valence-electron chi connectivity index (χ2n) is 6.09. The molecule has 1 spiro atoms. The lowest BCUT2D eigenvalue weighted by molar-refractivity contribution is 0.369. The number of anilines is 1. The van der Waals surface area contributed by atoms with Crippen LogP contribution in [0, 0.1) is 5.41 Å². The van der Waals surface area contributed by atoms with E-state index in [4.69, 9.17) is 11.6 Å². The number of fused-ring (bicyclic) bond motifs is 1. The van der Waals surface area contributed by atoms with E-state index in [2.05, 4.69) is 39.5 Å². The maximum absolute atomic E-state index is 6.20. The van der Waals surface area contributed by atoms with Gasteiger partial charge in [0.25, 0.3) is 0 Å². The van der Waals surface area contributed by atoms with Gasteiger partial charge in [-0.25, -0.2) is 4.98 Å². The molecule has 0 aliphatic carbocycles. The van der Waals surface area contributed by atoms with Gasteiger partial charge in [-0.2, -0.15) is 0 Å². The van der Waals surface area contributed by atoms with Gasteiger partial charge in [-0.1, -0.05) is 35.9 Å². The molecule has 3 heterocycles. The topological polar surface area (TPSA) is 28.2 Å². The average molecular weight is 288 g/mol. The molecule has 2 aliphatic rings. The Bertz CT molecular complexity index is 649. The highest BCUT2D eigenvalue weighted by Gasteiger charge is 2.41. The van der Waals surface area contributed by atoms with Gasteiger partial charge in [0.1, 0.15) is 11.0 Å². The molecule has 1 aromatic carbocycles. The van der Waals surface area contributed by atoms with E-state index in [0.717, 1.165) is 32.0 Å². The van der Waals surface area contributed by atoms with Crippen molar-refractivity contribution in [2.45, 2.75) is 12.8 Å². The highest BCUT2D eigenvalue weighted by Crippen LogP contribution is 2.39. The van der Waals surface area contributed by atoms with Gasteiger partial charge in [0.05, 0.1) is 0 Å². The summed E-state index contributed by atoms with van der Waals surface area (Å²) in [4.78, 5) is 7.03. The summed E-state index contributed by atoms with van der Waals surface area (Å²) in [5.41, 5.74) is 0.450. The number of halogens is 1. The Kier molecular flexibility index (Phi) is 2.86. The number of nitrogens with zero attached hydrogens (tertiary/aromatic N) is 2. The molecular formula is C16H18ClN3. The first kappa shape index (κ1) is 12.4. The molecule has 1 N–H and O–H groups in total. The first-order valence-electron chi connectivity index (χ1n) is 7.27. The van der Waals surface area contributed by atoms with E-state index in [1.807, 2.05) is 6.07 Å². The SMILES string of the molecule is Clc1cc2ccccc2c(N2CCC3(CCNC3)C2)n1. The van der Waals surface area contributed by atoms with Gasteiger partial charge in [0.15, 0.2) is 0 Å². The predicted molar refractivity (Wildman–Crippen MR) is 83.5 cm³/mol. The maximum Gasteiger partial charge on any atom is 0.138 e. The Morgan fingerprint density at radius 3 is 3.00 bits per heavy atom. The number of pyridine rings is 1. The third kappa shape index (κ3) is 1.97. The molecule has 1 aromatic heterocycles.